The molecule has 10 heteroatoms. The van der Waals surface area contributed by atoms with Crippen molar-refractivity contribution in [2.45, 2.75) is 12.8 Å². The maximum Gasteiger partial charge on any atom is 0.176 e. The van der Waals surface area contributed by atoms with Gasteiger partial charge >= 0.3 is 0 Å². The highest BCUT2D eigenvalue weighted by Crippen LogP contribution is 2.41. The fourth-order valence-corrected chi connectivity index (χ4v) is 5.06. The van der Waals surface area contributed by atoms with Crippen LogP contribution in [0.2, 0.25) is 5.02 Å². The molecule has 39 heavy (non-hydrogen) atoms. The first-order valence-electron chi connectivity index (χ1n) is 12.7. The van der Waals surface area contributed by atoms with Gasteiger partial charge in [-0.1, -0.05) is 17.7 Å². The van der Waals surface area contributed by atoms with Crippen LogP contribution in [0, 0.1) is 5.92 Å². The molecule has 3 N–H and O–H groups in total. The minimum absolute atomic E-state index is 0. The summed E-state index contributed by atoms with van der Waals surface area (Å²) < 4.78 is 5.30. The monoisotopic (exact) mass is 565 g/mol. The van der Waals surface area contributed by atoms with Gasteiger partial charge in [-0.2, -0.15) is 0 Å². The van der Waals surface area contributed by atoms with Crippen LogP contribution in [0.1, 0.15) is 23.2 Å². The van der Waals surface area contributed by atoms with Gasteiger partial charge in [0.05, 0.1) is 40.8 Å². The van der Waals surface area contributed by atoms with Crippen molar-refractivity contribution in [2.24, 2.45) is 5.92 Å². The minimum atomic E-state index is -0.101. The Hall–Kier alpha value is -3.59. The van der Waals surface area contributed by atoms with Crippen molar-refractivity contribution in [3.8, 4) is 22.6 Å². The first-order valence-corrected chi connectivity index (χ1v) is 13.1. The summed E-state index contributed by atoms with van der Waals surface area (Å²) in [6.45, 7) is 3.79. The number of ether oxygens (including phenoxy) is 1. The predicted molar refractivity (Wildman–Crippen MR) is 157 cm³/mol. The molecule has 3 heterocycles. The first kappa shape index (κ1) is 27.0. The molecular formula is C29H29Cl2N5O3. The number of methoxy groups -OCH3 is 1. The number of rotatable bonds is 7. The second-order valence-electron chi connectivity index (χ2n) is 9.69. The van der Waals surface area contributed by atoms with Gasteiger partial charge in [0.15, 0.2) is 17.3 Å². The van der Waals surface area contributed by atoms with Crippen molar-refractivity contribution < 1.29 is 14.6 Å². The number of pyridine rings is 2. The summed E-state index contributed by atoms with van der Waals surface area (Å²) in [5.41, 5.74) is 4.69. The lowest BCUT2D eigenvalue weighted by atomic mass is 9.98. The van der Waals surface area contributed by atoms with Crippen LogP contribution in [-0.4, -0.2) is 54.1 Å². The Kier molecular flexibility index (Phi) is 7.79. The van der Waals surface area contributed by atoms with E-state index < -0.39 is 0 Å². The zero-order valence-electron chi connectivity index (χ0n) is 21.4. The highest BCUT2D eigenvalue weighted by atomic mass is 35.5. The second-order valence-corrected chi connectivity index (χ2v) is 10.1. The predicted octanol–water partition coefficient (Wildman–Crippen LogP) is 5.83. The smallest absolute Gasteiger partial charge is 0.176 e. The van der Waals surface area contributed by atoms with E-state index in [2.05, 4.69) is 31.6 Å². The van der Waals surface area contributed by atoms with Crippen LogP contribution in [-0.2, 0) is 0 Å². The molecule has 6 rings (SSSR count). The van der Waals surface area contributed by atoms with Gasteiger partial charge in [-0.15, -0.1) is 12.4 Å². The van der Waals surface area contributed by atoms with Crippen LogP contribution in [0.25, 0.3) is 22.0 Å². The van der Waals surface area contributed by atoms with Gasteiger partial charge in [0.1, 0.15) is 5.82 Å². The zero-order valence-corrected chi connectivity index (χ0v) is 23.0. The van der Waals surface area contributed by atoms with Crippen LogP contribution < -0.4 is 20.3 Å². The summed E-state index contributed by atoms with van der Waals surface area (Å²) in [6, 6.07) is 13.3. The van der Waals surface area contributed by atoms with Crippen molar-refractivity contribution in [1.82, 2.24) is 15.3 Å². The number of halogens is 2. The van der Waals surface area contributed by atoms with Gasteiger partial charge in [-0.3, -0.25) is 9.78 Å². The number of aromatic hydroxyl groups is 1. The molecule has 0 amide bonds. The van der Waals surface area contributed by atoms with E-state index in [9.17, 15) is 9.90 Å². The highest BCUT2D eigenvalue weighted by Gasteiger charge is 2.32. The molecule has 1 saturated carbocycles. The molecule has 0 radical (unpaired) electrons. The lowest BCUT2D eigenvalue weighted by Gasteiger charge is -2.29. The lowest BCUT2D eigenvalue weighted by molar-refractivity contribution is 0.0968. The number of phenolic OH excluding ortho intramolecular Hbond substituents is 1. The van der Waals surface area contributed by atoms with Crippen LogP contribution in [0.4, 0.5) is 17.2 Å². The van der Waals surface area contributed by atoms with E-state index in [4.69, 9.17) is 16.3 Å². The van der Waals surface area contributed by atoms with Gasteiger partial charge in [0.2, 0.25) is 0 Å². The number of carbonyl (C=O) groups is 1. The number of fused-ring (bicyclic) bond motifs is 1. The SMILES string of the molecule is COc1cc(-c2ccc3ncc(C(=O)C4CC4)c(Nc4ccc(N5CCNCC5)cn4)c3c2)cc(Cl)c1O.Cl. The summed E-state index contributed by atoms with van der Waals surface area (Å²) in [5.74, 6) is 0.979. The molecule has 2 aromatic carbocycles. The highest BCUT2D eigenvalue weighted by molar-refractivity contribution is 6.32. The Labute approximate surface area is 237 Å². The molecule has 8 nitrogen and oxygen atoms in total. The first-order chi connectivity index (χ1) is 18.5. The number of Topliss-reactive ketones (excluding diaryl/α,β-unsaturated/α-hetero) is 1. The van der Waals surface area contributed by atoms with Crippen molar-refractivity contribution >= 4 is 57.9 Å². The number of anilines is 3. The maximum absolute atomic E-state index is 13.3. The van der Waals surface area contributed by atoms with Crippen LogP contribution in [0.15, 0.2) is 54.9 Å². The number of hydrogen-bond acceptors (Lipinski definition) is 8. The Bertz CT molecular complexity index is 1520. The number of hydrogen-bond donors (Lipinski definition) is 3. The summed E-state index contributed by atoms with van der Waals surface area (Å²) in [5, 5.41) is 18.0. The van der Waals surface area contributed by atoms with E-state index in [-0.39, 0.29) is 40.6 Å². The molecule has 4 aromatic rings. The third-order valence-electron chi connectivity index (χ3n) is 7.15. The number of ketones is 1. The number of phenols is 1. The molecule has 0 unspecified atom stereocenters. The van der Waals surface area contributed by atoms with Crippen molar-refractivity contribution in [1.29, 1.82) is 0 Å². The number of piperazine rings is 1. The lowest BCUT2D eigenvalue weighted by Crippen LogP contribution is -2.43. The molecule has 0 atom stereocenters. The molecule has 2 fully saturated rings. The summed E-state index contributed by atoms with van der Waals surface area (Å²) in [7, 11) is 1.48. The quantitative estimate of drug-likeness (QED) is 0.240. The Morgan fingerprint density at radius 2 is 1.87 bits per heavy atom. The molecule has 0 spiro atoms. The standard InChI is InChI=1S/C29H28ClN5O3.ClH/c1-38-25-14-19(13-23(30)29(25)37)18-4-6-24-21(12-18)27(22(16-32-24)28(36)17-2-3-17)34-26-7-5-20(15-33-26)35-10-8-31-9-11-35;/h4-7,12-17,31,37H,2-3,8-11H2,1H3,(H,32,33,34);1H. The molecule has 202 valence electrons. The van der Waals surface area contributed by atoms with Gasteiger partial charge < -0.3 is 25.4 Å². The van der Waals surface area contributed by atoms with Crippen LogP contribution in [0.3, 0.4) is 0 Å². The number of nitrogens with zero attached hydrogens (tertiary/aromatic N) is 3. The minimum Gasteiger partial charge on any atom is -0.503 e. The molecule has 1 aliphatic carbocycles. The third kappa shape index (κ3) is 5.45. The van der Waals surface area contributed by atoms with Gasteiger partial charge in [-0.05, 0) is 60.4 Å². The fourth-order valence-electron chi connectivity index (χ4n) is 4.85. The molecule has 0 bridgehead atoms. The second kappa shape index (κ2) is 11.3. The zero-order chi connectivity index (χ0) is 26.2. The van der Waals surface area contributed by atoms with E-state index in [0.717, 1.165) is 66.7 Å². The summed E-state index contributed by atoms with van der Waals surface area (Å²) >= 11 is 6.27. The van der Waals surface area contributed by atoms with Crippen LogP contribution >= 0.6 is 24.0 Å². The number of carbonyl (C=O) groups excluding carboxylic acids is 1. The van der Waals surface area contributed by atoms with E-state index in [1.807, 2.05) is 30.5 Å². The number of aromatic nitrogens is 2. The van der Waals surface area contributed by atoms with E-state index in [0.29, 0.717) is 17.1 Å². The largest absolute Gasteiger partial charge is 0.503 e. The van der Waals surface area contributed by atoms with Gasteiger partial charge in [0, 0.05) is 43.7 Å². The Morgan fingerprint density at radius 1 is 1.08 bits per heavy atom. The number of nitrogens with one attached hydrogen (secondary N) is 2. The van der Waals surface area contributed by atoms with Crippen molar-refractivity contribution in [2.75, 3.05) is 43.5 Å². The Balaban J connectivity index is 0.00000308. The average molecular weight is 566 g/mol. The van der Waals surface area contributed by atoms with E-state index >= 15 is 0 Å². The number of benzene rings is 2. The summed E-state index contributed by atoms with van der Waals surface area (Å²) in [4.78, 5) is 24.9. The van der Waals surface area contributed by atoms with Crippen LogP contribution in [0.5, 0.6) is 11.5 Å². The normalized spacial score (nSPS) is 15.1. The summed E-state index contributed by atoms with van der Waals surface area (Å²) in [6.07, 6.45) is 5.34. The third-order valence-corrected chi connectivity index (χ3v) is 7.43. The van der Waals surface area contributed by atoms with Crippen molar-refractivity contribution in [3.63, 3.8) is 0 Å². The van der Waals surface area contributed by atoms with Gasteiger partial charge in [-0.25, -0.2) is 4.98 Å². The molecule has 1 saturated heterocycles. The van der Waals surface area contributed by atoms with Crippen molar-refractivity contribution in [3.05, 3.63) is 65.4 Å². The van der Waals surface area contributed by atoms with E-state index in [1.54, 1.807) is 18.3 Å². The molecule has 2 aromatic heterocycles. The van der Waals surface area contributed by atoms with E-state index in [1.165, 1.54) is 7.11 Å². The molecular weight excluding hydrogens is 537 g/mol. The van der Waals surface area contributed by atoms with Gasteiger partial charge in [0.25, 0.3) is 0 Å². The average Bonchev–Trinajstić information content (AvgIpc) is 3.81. The Morgan fingerprint density at radius 3 is 2.56 bits per heavy atom. The molecule has 1 aliphatic heterocycles. The maximum atomic E-state index is 13.3. The topological polar surface area (TPSA) is 99.6 Å². The molecule has 2 aliphatic rings. The fraction of sp³-hybridized carbons (Fsp3) is 0.276.